The molecule has 0 atom stereocenters. The zero-order valence-electron chi connectivity index (χ0n) is 19.0. The average molecular weight is 448 g/mol. The first-order valence-corrected chi connectivity index (χ1v) is 11.9. The van der Waals surface area contributed by atoms with Crippen LogP contribution in [0, 0.1) is 0 Å². The molecule has 1 aliphatic rings. The third-order valence-corrected chi connectivity index (χ3v) is 6.71. The molecule has 0 aliphatic heterocycles. The Kier molecular flexibility index (Phi) is 4.52. The lowest BCUT2D eigenvalue weighted by molar-refractivity contribution is 1.25. The van der Waals surface area contributed by atoms with Crippen molar-refractivity contribution in [2.24, 2.45) is 0 Å². The van der Waals surface area contributed by atoms with Crippen LogP contribution in [0.3, 0.4) is 0 Å². The van der Waals surface area contributed by atoms with E-state index in [1.54, 1.807) is 0 Å². The number of aromatic nitrogens is 3. The van der Waals surface area contributed by atoms with Gasteiger partial charge in [-0.15, -0.1) is 0 Å². The first-order chi connectivity index (χ1) is 17.4. The molecule has 3 aromatic heterocycles. The van der Waals surface area contributed by atoms with Crippen molar-refractivity contribution in [3.63, 3.8) is 0 Å². The Labute approximate surface area is 203 Å². The number of hydrogen-bond acceptors (Lipinski definition) is 3. The van der Waals surface area contributed by atoms with Crippen LogP contribution >= 0.6 is 0 Å². The van der Waals surface area contributed by atoms with Gasteiger partial charge in [-0.2, -0.15) is 0 Å². The summed E-state index contributed by atoms with van der Waals surface area (Å²) in [5.41, 5.74) is 6.83. The number of allylic oxidation sites excluding steroid dienone is 2. The molecule has 0 amide bonds. The molecule has 35 heavy (non-hydrogen) atoms. The van der Waals surface area contributed by atoms with Crippen molar-refractivity contribution >= 4 is 44.6 Å². The van der Waals surface area contributed by atoms with Crippen LogP contribution in [0.5, 0.6) is 0 Å². The second-order valence-corrected chi connectivity index (χ2v) is 8.79. The lowest BCUT2D eigenvalue weighted by Gasteiger charge is -2.13. The van der Waals surface area contributed by atoms with Gasteiger partial charge in [-0.1, -0.05) is 78.9 Å². The zero-order chi connectivity index (χ0) is 23.2. The largest absolute Gasteiger partial charge is 0.256 e. The lowest BCUT2D eigenvalue weighted by atomic mass is 9.96. The zero-order valence-corrected chi connectivity index (χ0v) is 19.0. The molecule has 0 saturated heterocycles. The summed E-state index contributed by atoms with van der Waals surface area (Å²) in [6.45, 7) is 0. The molecule has 0 N–H and O–H groups in total. The quantitative estimate of drug-likeness (QED) is 0.252. The van der Waals surface area contributed by atoms with Gasteiger partial charge < -0.3 is 0 Å². The van der Waals surface area contributed by atoms with Crippen molar-refractivity contribution in [3.05, 3.63) is 115 Å². The molecule has 3 nitrogen and oxygen atoms in total. The Hall–Kier alpha value is -4.63. The Balaban J connectivity index is 1.51. The Morgan fingerprint density at radius 2 is 1.43 bits per heavy atom. The van der Waals surface area contributed by atoms with E-state index >= 15 is 0 Å². The summed E-state index contributed by atoms with van der Waals surface area (Å²) in [4.78, 5) is 14.8. The summed E-state index contributed by atoms with van der Waals surface area (Å²) in [7, 11) is 0. The molecule has 3 heteroatoms. The fraction of sp³-hybridized carbons (Fsp3) is 0.0312. The van der Waals surface area contributed by atoms with E-state index < -0.39 is 0 Å². The predicted octanol–water partition coefficient (Wildman–Crippen LogP) is 8.10. The molecular formula is C32H21N3. The van der Waals surface area contributed by atoms with Gasteiger partial charge in [0.25, 0.3) is 0 Å². The monoisotopic (exact) mass is 447 g/mol. The fourth-order valence-electron chi connectivity index (χ4n) is 5.10. The van der Waals surface area contributed by atoms with Gasteiger partial charge >= 0.3 is 0 Å². The van der Waals surface area contributed by atoms with Crippen molar-refractivity contribution in [2.75, 3.05) is 0 Å². The van der Waals surface area contributed by atoms with Gasteiger partial charge in [0.05, 0.1) is 28.3 Å². The third-order valence-electron chi connectivity index (χ3n) is 6.71. The van der Waals surface area contributed by atoms with E-state index in [2.05, 4.69) is 102 Å². The van der Waals surface area contributed by atoms with E-state index in [-0.39, 0.29) is 0 Å². The minimum absolute atomic E-state index is 0.868. The van der Waals surface area contributed by atoms with Gasteiger partial charge in [0.1, 0.15) is 0 Å². The number of pyridine rings is 3. The van der Waals surface area contributed by atoms with E-state index in [1.807, 2.05) is 18.3 Å². The normalized spacial score (nSPS) is 12.8. The number of benzene rings is 3. The van der Waals surface area contributed by atoms with Crippen LogP contribution < -0.4 is 0 Å². The second-order valence-electron chi connectivity index (χ2n) is 8.79. The van der Waals surface area contributed by atoms with E-state index in [4.69, 9.17) is 9.97 Å². The fourth-order valence-corrected chi connectivity index (χ4v) is 5.10. The molecule has 0 fully saturated rings. The maximum absolute atomic E-state index is 5.14. The maximum Gasteiger partial charge on any atom is 0.0972 e. The molecule has 0 spiro atoms. The van der Waals surface area contributed by atoms with Crippen LogP contribution in [-0.2, 0) is 0 Å². The summed E-state index contributed by atoms with van der Waals surface area (Å²) in [6, 6.07) is 29.6. The summed E-state index contributed by atoms with van der Waals surface area (Å²) >= 11 is 0. The van der Waals surface area contributed by atoms with Gasteiger partial charge in [-0.3, -0.25) is 4.98 Å². The van der Waals surface area contributed by atoms with Crippen LogP contribution in [0.25, 0.3) is 67.2 Å². The van der Waals surface area contributed by atoms with Gasteiger partial charge in [-0.05, 0) is 47.5 Å². The Morgan fingerprint density at radius 1 is 0.600 bits per heavy atom. The first-order valence-electron chi connectivity index (χ1n) is 11.9. The summed E-state index contributed by atoms with van der Waals surface area (Å²) in [5.74, 6) is 0. The highest BCUT2D eigenvalue weighted by Gasteiger charge is 2.16. The third kappa shape index (κ3) is 3.24. The van der Waals surface area contributed by atoms with Gasteiger partial charge in [0.2, 0.25) is 0 Å². The smallest absolute Gasteiger partial charge is 0.0972 e. The molecule has 0 radical (unpaired) electrons. The van der Waals surface area contributed by atoms with E-state index in [0.717, 1.165) is 56.6 Å². The van der Waals surface area contributed by atoms with E-state index in [9.17, 15) is 0 Å². The van der Waals surface area contributed by atoms with Crippen molar-refractivity contribution in [3.8, 4) is 22.6 Å². The highest BCUT2D eigenvalue weighted by molar-refractivity contribution is 6.22. The summed E-state index contributed by atoms with van der Waals surface area (Å²) in [6.07, 6.45) is 11.3. The molecule has 3 aromatic carbocycles. The summed E-state index contributed by atoms with van der Waals surface area (Å²) < 4.78 is 0. The maximum atomic E-state index is 5.14. The summed E-state index contributed by atoms with van der Waals surface area (Å²) in [5, 5.41) is 5.96. The van der Waals surface area contributed by atoms with Crippen LogP contribution in [-0.4, -0.2) is 15.0 Å². The van der Waals surface area contributed by atoms with Crippen molar-refractivity contribution < 1.29 is 0 Å². The Morgan fingerprint density at radius 3 is 2.40 bits per heavy atom. The van der Waals surface area contributed by atoms with Gasteiger partial charge in [0, 0.05) is 33.5 Å². The molecule has 0 saturated carbocycles. The Bertz CT molecular complexity index is 1810. The molecule has 3 heterocycles. The van der Waals surface area contributed by atoms with Crippen molar-refractivity contribution in [2.45, 2.75) is 6.42 Å². The lowest BCUT2D eigenvalue weighted by Crippen LogP contribution is -1.96. The van der Waals surface area contributed by atoms with Gasteiger partial charge in [0.15, 0.2) is 0 Å². The minimum atomic E-state index is 0.868. The number of fused-ring (bicyclic) bond motifs is 6. The second kappa shape index (κ2) is 8.00. The van der Waals surface area contributed by atoms with Crippen LogP contribution in [0.4, 0.5) is 0 Å². The highest BCUT2D eigenvalue weighted by Crippen LogP contribution is 2.37. The van der Waals surface area contributed by atoms with E-state index in [0.29, 0.717) is 0 Å². The van der Waals surface area contributed by atoms with Crippen LogP contribution in [0.15, 0.2) is 103 Å². The van der Waals surface area contributed by atoms with E-state index in [1.165, 1.54) is 16.2 Å². The minimum Gasteiger partial charge on any atom is -0.256 e. The first kappa shape index (κ1) is 19.8. The number of para-hydroxylation sites is 1. The molecule has 1 aliphatic carbocycles. The standard InChI is InChI=1S/C32H21N3/c1-2-11-23-24(19-20-33-27(23)13-3-1)28-15-8-16-30(34-28)32-26-18-17-21-9-4-5-10-22(21)31(26)25-12-6-7-14-29(25)35-32/h2-20H,1H2. The average Bonchev–Trinajstić information content (AvgIpc) is 3.18. The van der Waals surface area contributed by atoms with Crippen LogP contribution in [0.2, 0.25) is 0 Å². The highest BCUT2D eigenvalue weighted by atomic mass is 14.8. The van der Waals surface area contributed by atoms with Crippen LogP contribution in [0.1, 0.15) is 17.7 Å². The number of hydrogen-bond donors (Lipinski definition) is 0. The van der Waals surface area contributed by atoms with Crippen molar-refractivity contribution in [1.29, 1.82) is 0 Å². The molecule has 0 unspecified atom stereocenters. The SMILES string of the molecule is C1=Cc2nccc(-c3cccc(-c4nc5ccccc5c5c4ccc4ccccc45)n3)c2C=CC1. The van der Waals surface area contributed by atoms with Crippen molar-refractivity contribution in [1.82, 2.24) is 15.0 Å². The molecule has 0 bridgehead atoms. The van der Waals surface area contributed by atoms with Gasteiger partial charge in [-0.25, -0.2) is 9.97 Å². The topological polar surface area (TPSA) is 38.7 Å². The molecule has 6 aromatic rings. The molecular weight excluding hydrogens is 426 g/mol. The predicted molar refractivity (Wildman–Crippen MR) is 146 cm³/mol. The molecule has 7 rings (SSSR count). The molecule has 164 valence electrons. The number of rotatable bonds is 2. The number of nitrogens with zero attached hydrogens (tertiary/aromatic N) is 3.